The normalized spacial score (nSPS) is 14.2. The molecule has 1 aliphatic carbocycles. The Morgan fingerprint density at radius 2 is 1.90 bits per heavy atom. The highest BCUT2D eigenvalue weighted by Gasteiger charge is 2.20. The van der Waals surface area contributed by atoms with Gasteiger partial charge in [0, 0.05) is 23.2 Å². The third-order valence-corrected chi connectivity index (χ3v) is 3.98. The highest BCUT2D eigenvalue weighted by molar-refractivity contribution is 6.30. The molecule has 2 aromatic rings. The van der Waals surface area contributed by atoms with Crippen LogP contribution in [0.3, 0.4) is 0 Å². The molecule has 0 aliphatic heterocycles. The third-order valence-electron chi connectivity index (χ3n) is 3.74. The van der Waals surface area contributed by atoms with E-state index in [0.29, 0.717) is 6.04 Å². The second kappa shape index (κ2) is 6.50. The lowest BCUT2D eigenvalue weighted by Crippen LogP contribution is -2.15. The van der Waals surface area contributed by atoms with Gasteiger partial charge in [0.1, 0.15) is 11.5 Å². The van der Waals surface area contributed by atoms with Gasteiger partial charge < -0.3 is 10.1 Å². The summed E-state index contributed by atoms with van der Waals surface area (Å²) in [5.41, 5.74) is 2.42. The van der Waals surface area contributed by atoms with Crippen molar-refractivity contribution < 1.29 is 4.74 Å². The molecule has 3 rings (SSSR count). The highest BCUT2D eigenvalue weighted by atomic mass is 35.5. The Labute approximate surface area is 131 Å². The van der Waals surface area contributed by atoms with Crippen molar-refractivity contribution in [1.82, 2.24) is 5.32 Å². The number of aryl methyl sites for hydroxylation is 1. The van der Waals surface area contributed by atoms with Crippen LogP contribution in [0, 0.1) is 0 Å². The van der Waals surface area contributed by atoms with Crippen molar-refractivity contribution in [3.8, 4) is 11.5 Å². The second-order valence-corrected chi connectivity index (χ2v) is 5.94. The number of halogens is 1. The van der Waals surface area contributed by atoms with Crippen molar-refractivity contribution in [2.45, 2.75) is 38.8 Å². The summed E-state index contributed by atoms with van der Waals surface area (Å²) in [6.07, 6.45) is 3.59. The minimum Gasteiger partial charge on any atom is -0.457 e. The Balaban J connectivity index is 1.75. The van der Waals surface area contributed by atoms with Crippen LogP contribution in [0.5, 0.6) is 11.5 Å². The van der Waals surface area contributed by atoms with E-state index in [2.05, 4.69) is 24.4 Å². The molecule has 110 valence electrons. The zero-order chi connectivity index (χ0) is 14.7. The topological polar surface area (TPSA) is 21.3 Å². The molecule has 1 N–H and O–H groups in total. The molecule has 21 heavy (non-hydrogen) atoms. The van der Waals surface area contributed by atoms with Gasteiger partial charge in [-0.05, 0) is 55.2 Å². The van der Waals surface area contributed by atoms with Crippen LogP contribution in [0.15, 0.2) is 42.5 Å². The minimum absolute atomic E-state index is 0.667. The molecule has 1 aliphatic rings. The lowest BCUT2D eigenvalue weighted by atomic mass is 10.1. The van der Waals surface area contributed by atoms with E-state index in [-0.39, 0.29) is 0 Å². The standard InChI is InChI=1S/C18H20ClNO/c1-2-13-3-8-17(9-4-13)21-18-10-5-15(19)11-14(18)12-20-16-6-7-16/h3-5,8-11,16,20H,2,6-7,12H2,1H3. The van der Waals surface area contributed by atoms with Crippen LogP contribution in [0.25, 0.3) is 0 Å². The molecule has 0 amide bonds. The molecule has 0 heterocycles. The Morgan fingerprint density at radius 1 is 1.14 bits per heavy atom. The van der Waals surface area contributed by atoms with Crippen LogP contribution in [0.1, 0.15) is 30.9 Å². The van der Waals surface area contributed by atoms with E-state index in [1.807, 2.05) is 30.3 Å². The van der Waals surface area contributed by atoms with Gasteiger partial charge in [-0.3, -0.25) is 0 Å². The van der Waals surface area contributed by atoms with Gasteiger partial charge in [0.05, 0.1) is 0 Å². The second-order valence-electron chi connectivity index (χ2n) is 5.51. The molecule has 0 saturated heterocycles. The molecule has 1 fully saturated rings. The number of hydrogen-bond donors (Lipinski definition) is 1. The fraction of sp³-hybridized carbons (Fsp3) is 0.333. The number of benzene rings is 2. The molecule has 2 nitrogen and oxygen atoms in total. The Bertz CT molecular complexity index is 605. The molecule has 0 unspecified atom stereocenters. The average molecular weight is 302 g/mol. The predicted octanol–water partition coefficient (Wildman–Crippen LogP) is 4.95. The van der Waals surface area contributed by atoms with Gasteiger partial charge in [0.25, 0.3) is 0 Å². The average Bonchev–Trinajstić information content (AvgIpc) is 3.32. The summed E-state index contributed by atoms with van der Waals surface area (Å²) in [6.45, 7) is 2.95. The molecular formula is C18H20ClNO. The van der Waals surface area contributed by atoms with E-state index < -0.39 is 0 Å². The molecule has 0 aromatic heterocycles. The largest absolute Gasteiger partial charge is 0.457 e. The molecular weight excluding hydrogens is 282 g/mol. The Hall–Kier alpha value is -1.51. The van der Waals surface area contributed by atoms with Gasteiger partial charge in [-0.25, -0.2) is 0 Å². The van der Waals surface area contributed by atoms with Gasteiger partial charge in [-0.15, -0.1) is 0 Å². The first-order valence-electron chi connectivity index (χ1n) is 7.53. The Morgan fingerprint density at radius 3 is 2.57 bits per heavy atom. The predicted molar refractivity (Wildman–Crippen MR) is 87.2 cm³/mol. The Kier molecular flexibility index (Phi) is 4.47. The quantitative estimate of drug-likeness (QED) is 0.815. The van der Waals surface area contributed by atoms with Crippen LogP contribution in [-0.4, -0.2) is 6.04 Å². The van der Waals surface area contributed by atoms with Gasteiger partial charge in [-0.1, -0.05) is 30.7 Å². The first-order chi connectivity index (χ1) is 10.2. The van der Waals surface area contributed by atoms with Crippen LogP contribution in [-0.2, 0) is 13.0 Å². The first-order valence-corrected chi connectivity index (χ1v) is 7.91. The fourth-order valence-electron chi connectivity index (χ4n) is 2.25. The van der Waals surface area contributed by atoms with E-state index in [1.165, 1.54) is 18.4 Å². The van der Waals surface area contributed by atoms with E-state index in [0.717, 1.165) is 35.1 Å². The van der Waals surface area contributed by atoms with Crippen LogP contribution in [0.2, 0.25) is 5.02 Å². The number of nitrogens with one attached hydrogen (secondary N) is 1. The minimum atomic E-state index is 0.667. The van der Waals surface area contributed by atoms with Gasteiger partial charge in [0.2, 0.25) is 0 Å². The van der Waals surface area contributed by atoms with E-state index >= 15 is 0 Å². The van der Waals surface area contributed by atoms with Crippen molar-refractivity contribution >= 4 is 11.6 Å². The molecule has 0 bridgehead atoms. The maximum atomic E-state index is 6.11. The monoisotopic (exact) mass is 301 g/mol. The van der Waals surface area contributed by atoms with E-state index in [4.69, 9.17) is 16.3 Å². The molecule has 0 atom stereocenters. The van der Waals surface area contributed by atoms with Gasteiger partial charge >= 0.3 is 0 Å². The number of rotatable bonds is 6. The molecule has 3 heteroatoms. The van der Waals surface area contributed by atoms with E-state index in [1.54, 1.807) is 0 Å². The summed E-state index contributed by atoms with van der Waals surface area (Å²) in [5.74, 6) is 1.74. The zero-order valence-corrected chi connectivity index (χ0v) is 13.0. The summed E-state index contributed by atoms with van der Waals surface area (Å²) < 4.78 is 6.02. The SMILES string of the molecule is CCc1ccc(Oc2ccc(Cl)cc2CNC2CC2)cc1. The molecule has 2 aromatic carbocycles. The maximum Gasteiger partial charge on any atom is 0.132 e. The molecule has 0 radical (unpaired) electrons. The van der Waals surface area contributed by atoms with Crippen molar-refractivity contribution in [1.29, 1.82) is 0 Å². The smallest absolute Gasteiger partial charge is 0.132 e. The summed E-state index contributed by atoms with van der Waals surface area (Å²) in [4.78, 5) is 0. The van der Waals surface area contributed by atoms with Crippen molar-refractivity contribution in [2.24, 2.45) is 0 Å². The van der Waals surface area contributed by atoms with Crippen molar-refractivity contribution in [3.05, 3.63) is 58.6 Å². The summed E-state index contributed by atoms with van der Waals surface area (Å²) >= 11 is 6.11. The summed E-state index contributed by atoms with van der Waals surface area (Å²) in [6, 6.07) is 14.7. The first kappa shape index (κ1) is 14.4. The van der Waals surface area contributed by atoms with Gasteiger partial charge in [0.15, 0.2) is 0 Å². The maximum absolute atomic E-state index is 6.11. The lowest BCUT2D eigenvalue weighted by Gasteiger charge is -2.12. The summed E-state index contributed by atoms with van der Waals surface area (Å²) in [5, 5.41) is 4.25. The van der Waals surface area contributed by atoms with Crippen LogP contribution in [0.4, 0.5) is 0 Å². The summed E-state index contributed by atoms with van der Waals surface area (Å²) in [7, 11) is 0. The van der Waals surface area contributed by atoms with Crippen LogP contribution >= 0.6 is 11.6 Å². The van der Waals surface area contributed by atoms with Crippen molar-refractivity contribution in [3.63, 3.8) is 0 Å². The third kappa shape index (κ3) is 3.99. The zero-order valence-electron chi connectivity index (χ0n) is 12.2. The molecule has 0 spiro atoms. The van der Waals surface area contributed by atoms with E-state index in [9.17, 15) is 0 Å². The lowest BCUT2D eigenvalue weighted by molar-refractivity contribution is 0.472. The fourth-order valence-corrected chi connectivity index (χ4v) is 2.44. The van der Waals surface area contributed by atoms with Gasteiger partial charge in [-0.2, -0.15) is 0 Å². The number of ether oxygens (including phenoxy) is 1. The van der Waals surface area contributed by atoms with Crippen LogP contribution < -0.4 is 10.1 Å². The van der Waals surface area contributed by atoms with Crippen molar-refractivity contribution in [2.75, 3.05) is 0 Å². The molecule has 1 saturated carbocycles. The highest BCUT2D eigenvalue weighted by Crippen LogP contribution is 2.29. The number of hydrogen-bond acceptors (Lipinski definition) is 2.